The van der Waals surface area contributed by atoms with Crippen LogP contribution in [0.25, 0.3) is 5.69 Å². The molecule has 2 aromatic carbocycles. The number of hydrogen-bond acceptors (Lipinski definition) is 5. The lowest BCUT2D eigenvalue weighted by Gasteiger charge is -2.25. The van der Waals surface area contributed by atoms with Gasteiger partial charge in [0, 0.05) is 28.3 Å². The summed E-state index contributed by atoms with van der Waals surface area (Å²) in [5.41, 5.74) is 4.31. The number of carboxylic acid groups (broad SMARTS) is 1. The number of aromatic nitrogens is 2. The summed E-state index contributed by atoms with van der Waals surface area (Å²) in [5.74, 6) is 0.915. The molecular formula is C24H25ClN2O5. The highest BCUT2D eigenvalue weighted by Crippen LogP contribution is 2.46. The summed E-state index contributed by atoms with van der Waals surface area (Å²) in [6.07, 6.45) is -0.899. The summed E-state index contributed by atoms with van der Waals surface area (Å²) in [4.78, 5) is 16.1. The van der Waals surface area contributed by atoms with Gasteiger partial charge >= 0.3 is 5.97 Å². The van der Waals surface area contributed by atoms with Gasteiger partial charge in [-0.25, -0.2) is 4.98 Å². The molecule has 1 aromatic heterocycles. The van der Waals surface area contributed by atoms with Crippen LogP contribution in [-0.4, -0.2) is 34.8 Å². The first kappa shape index (κ1) is 22.2. The van der Waals surface area contributed by atoms with Crippen molar-refractivity contribution in [3.8, 4) is 17.2 Å². The summed E-state index contributed by atoms with van der Waals surface area (Å²) >= 11 is 6.41. The third kappa shape index (κ3) is 3.82. The Morgan fingerprint density at radius 2 is 1.97 bits per heavy atom. The van der Waals surface area contributed by atoms with Crippen molar-refractivity contribution in [2.45, 2.75) is 38.9 Å². The second-order valence-corrected chi connectivity index (χ2v) is 8.14. The lowest BCUT2D eigenvalue weighted by molar-refractivity contribution is -0.138. The molecule has 168 valence electrons. The van der Waals surface area contributed by atoms with Crippen LogP contribution in [0.2, 0.25) is 5.02 Å². The van der Waals surface area contributed by atoms with E-state index in [2.05, 4.69) is 0 Å². The number of carbonyl (C=O) groups is 1. The number of rotatable bonds is 6. The second-order valence-electron chi connectivity index (χ2n) is 7.70. The smallest absolute Gasteiger partial charge is 0.303 e. The Bertz CT molecular complexity index is 1170. The maximum Gasteiger partial charge on any atom is 0.303 e. The number of methoxy groups -OCH3 is 2. The van der Waals surface area contributed by atoms with Crippen LogP contribution in [0.1, 0.15) is 53.4 Å². The minimum atomic E-state index is -0.888. The molecule has 0 aliphatic carbocycles. The van der Waals surface area contributed by atoms with E-state index in [1.165, 1.54) is 0 Å². The van der Waals surface area contributed by atoms with Gasteiger partial charge in [0.2, 0.25) is 0 Å². The molecule has 0 amide bonds. The highest BCUT2D eigenvalue weighted by Gasteiger charge is 2.35. The molecule has 1 aliphatic heterocycles. The number of hydrogen-bond donors (Lipinski definition) is 1. The molecule has 1 aliphatic rings. The van der Waals surface area contributed by atoms with Gasteiger partial charge in [-0.2, -0.15) is 0 Å². The van der Waals surface area contributed by atoms with Crippen LogP contribution < -0.4 is 9.47 Å². The summed E-state index contributed by atoms with van der Waals surface area (Å²) in [7, 11) is 3.16. The first-order chi connectivity index (χ1) is 15.3. The van der Waals surface area contributed by atoms with Gasteiger partial charge in [-0.05, 0) is 44.5 Å². The van der Waals surface area contributed by atoms with E-state index in [1.807, 2.05) is 54.8 Å². The molecule has 7 nitrogen and oxygen atoms in total. The molecule has 0 radical (unpaired) electrons. The van der Waals surface area contributed by atoms with Gasteiger partial charge in [0.05, 0.1) is 25.6 Å². The number of aryl methyl sites for hydroxylation is 1. The average Bonchev–Trinajstić information content (AvgIpc) is 2.99. The molecule has 8 heteroatoms. The molecule has 2 atom stereocenters. The molecule has 0 spiro atoms. The van der Waals surface area contributed by atoms with Crippen LogP contribution in [0.5, 0.6) is 11.5 Å². The molecule has 1 N–H and O–H groups in total. The Labute approximate surface area is 191 Å². The number of ether oxygens (including phenoxy) is 3. The van der Waals surface area contributed by atoms with E-state index in [0.29, 0.717) is 22.3 Å². The molecule has 4 rings (SSSR count). The summed E-state index contributed by atoms with van der Waals surface area (Å²) < 4.78 is 19.9. The van der Waals surface area contributed by atoms with E-state index in [-0.39, 0.29) is 12.8 Å². The lowest BCUT2D eigenvalue weighted by Crippen LogP contribution is -2.14. The van der Waals surface area contributed by atoms with Crippen molar-refractivity contribution in [2.75, 3.05) is 14.2 Å². The van der Waals surface area contributed by atoms with Crippen molar-refractivity contribution >= 4 is 17.6 Å². The van der Waals surface area contributed by atoms with Gasteiger partial charge in [0.25, 0.3) is 0 Å². The predicted molar refractivity (Wildman–Crippen MR) is 120 cm³/mol. The zero-order valence-corrected chi connectivity index (χ0v) is 19.1. The Balaban J connectivity index is 1.97. The Kier molecular flexibility index (Phi) is 6.13. The monoisotopic (exact) mass is 456 g/mol. The topological polar surface area (TPSA) is 82.8 Å². The van der Waals surface area contributed by atoms with E-state index in [9.17, 15) is 9.90 Å². The van der Waals surface area contributed by atoms with E-state index in [0.717, 1.165) is 28.2 Å². The maximum absolute atomic E-state index is 11.4. The highest BCUT2D eigenvalue weighted by atomic mass is 35.5. The van der Waals surface area contributed by atoms with Crippen LogP contribution in [-0.2, 0) is 9.53 Å². The van der Waals surface area contributed by atoms with Crippen molar-refractivity contribution in [2.24, 2.45) is 0 Å². The maximum atomic E-state index is 11.4. The fourth-order valence-electron chi connectivity index (χ4n) is 4.20. The zero-order valence-electron chi connectivity index (χ0n) is 18.4. The molecule has 0 saturated carbocycles. The van der Waals surface area contributed by atoms with Crippen molar-refractivity contribution in [3.63, 3.8) is 0 Å². The number of carboxylic acids is 1. The fourth-order valence-corrected chi connectivity index (χ4v) is 4.39. The lowest BCUT2D eigenvalue weighted by atomic mass is 9.98. The van der Waals surface area contributed by atoms with E-state index < -0.39 is 18.2 Å². The molecule has 0 saturated heterocycles. The fraction of sp³-hybridized carbons (Fsp3) is 0.333. The number of fused-ring (bicyclic) bond motifs is 3. The second kappa shape index (κ2) is 8.84. The van der Waals surface area contributed by atoms with Crippen LogP contribution in [0.4, 0.5) is 0 Å². The number of para-hydroxylation sites is 1. The normalized spacial score (nSPS) is 17.3. The first-order valence-corrected chi connectivity index (χ1v) is 10.7. The predicted octanol–water partition coefficient (Wildman–Crippen LogP) is 5.19. The molecule has 0 fully saturated rings. The molecule has 0 bridgehead atoms. The van der Waals surface area contributed by atoms with Gasteiger partial charge in [-0.1, -0.05) is 23.7 Å². The molecule has 32 heavy (non-hydrogen) atoms. The summed E-state index contributed by atoms with van der Waals surface area (Å²) in [6, 6.07) is 11.2. The zero-order chi connectivity index (χ0) is 23.0. The Morgan fingerprint density at radius 1 is 1.19 bits per heavy atom. The number of nitrogens with zero attached hydrogens (tertiary/aromatic N) is 2. The van der Waals surface area contributed by atoms with Gasteiger partial charge < -0.3 is 19.3 Å². The first-order valence-electron chi connectivity index (χ1n) is 10.3. The molecule has 2 heterocycles. The Hall–Kier alpha value is -3.03. The third-order valence-corrected chi connectivity index (χ3v) is 6.04. The summed E-state index contributed by atoms with van der Waals surface area (Å²) in [6.45, 7) is 3.92. The number of benzene rings is 2. The standard InChI is InChI=1S/C24H25ClN2O5/c1-13-14(2)27-18-9-8-15(25)12-17(18)22(16-6-5-7-19(30-3)23(16)31-4)32-20(24(27)26-13)10-11-21(28)29/h5-9,12,20,22H,10-11H2,1-4H3,(H,28,29)/t20-,22-/m1/s1. The minimum absolute atomic E-state index is 0.0469. The van der Waals surface area contributed by atoms with Crippen molar-refractivity contribution in [1.29, 1.82) is 0 Å². The van der Waals surface area contributed by atoms with E-state index in [1.54, 1.807) is 14.2 Å². The number of aliphatic carboxylic acids is 1. The largest absolute Gasteiger partial charge is 0.493 e. The van der Waals surface area contributed by atoms with Gasteiger partial charge in [-0.3, -0.25) is 9.36 Å². The van der Waals surface area contributed by atoms with Crippen LogP contribution >= 0.6 is 11.6 Å². The molecule has 0 unspecified atom stereocenters. The van der Waals surface area contributed by atoms with Crippen LogP contribution in [0, 0.1) is 13.8 Å². The van der Waals surface area contributed by atoms with Gasteiger partial charge in [0.1, 0.15) is 18.0 Å². The SMILES string of the molecule is COc1cccc([C@H]2O[C@H](CCC(=O)O)c3nc(C)c(C)n3-c3ccc(Cl)cc32)c1OC. The van der Waals surface area contributed by atoms with Gasteiger partial charge in [0.15, 0.2) is 11.5 Å². The van der Waals surface area contributed by atoms with E-state index in [4.69, 9.17) is 30.8 Å². The van der Waals surface area contributed by atoms with E-state index >= 15 is 0 Å². The summed E-state index contributed by atoms with van der Waals surface area (Å²) in [5, 5.41) is 9.90. The third-order valence-electron chi connectivity index (χ3n) is 5.81. The Morgan fingerprint density at radius 3 is 2.66 bits per heavy atom. The highest BCUT2D eigenvalue weighted by molar-refractivity contribution is 6.30. The number of halogens is 1. The number of imidazole rings is 1. The van der Waals surface area contributed by atoms with Crippen molar-refractivity contribution in [1.82, 2.24) is 9.55 Å². The van der Waals surface area contributed by atoms with Gasteiger partial charge in [-0.15, -0.1) is 0 Å². The van der Waals surface area contributed by atoms with Crippen LogP contribution in [0.15, 0.2) is 36.4 Å². The minimum Gasteiger partial charge on any atom is -0.493 e. The average molecular weight is 457 g/mol. The molecule has 3 aromatic rings. The quantitative estimate of drug-likeness (QED) is 0.550. The van der Waals surface area contributed by atoms with Crippen molar-refractivity contribution in [3.05, 3.63) is 69.8 Å². The molecular weight excluding hydrogens is 432 g/mol. The van der Waals surface area contributed by atoms with Crippen LogP contribution in [0.3, 0.4) is 0 Å². The van der Waals surface area contributed by atoms with Crippen molar-refractivity contribution < 1.29 is 24.1 Å².